The van der Waals surface area contributed by atoms with Crippen LogP contribution in [0.2, 0.25) is 0 Å². The molecule has 0 radical (unpaired) electrons. The first-order valence-electron chi connectivity index (χ1n) is 4.89. The first-order valence-corrected chi connectivity index (χ1v) is 4.89. The zero-order valence-corrected chi connectivity index (χ0v) is 8.01. The molecule has 1 nitrogen and oxygen atoms in total. The highest BCUT2D eigenvalue weighted by molar-refractivity contribution is 5.88. The molecule has 0 saturated heterocycles. The van der Waals surface area contributed by atoms with Crippen LogP contribution in [0.3, 0.4) is 0 Å². The smallest absolute Gasteiger partial charge is 0.0227 e. The molecule has 12 heavy (non-hydrogen) atoms. The number of aliphatic imine (C=N–C) groups is 1. The van der Waals surface area contributed by atoms with E-state index in [1.165, 1.54) is 31.4 Å². The summed E-state index contributed by atoms with van der Waals surface area (Å²) in [4.78, 5) is 4.45. The van der Waals surface area contributed by atoms with Gasteiger partial charge in [0.2, 0.25) is 0 Å². The second-order valence-electron chi connectivity index (χ2n) is 4.81. The van der Waals surface area contributed by atoms with E-state index in [2.05, 4.69) is 24.9 Å². The summed E-state index contributed by atoms with van der Waals surface area (Å²) < 4.78 is 0. The zero-order valence-electron chi connectivity index (χ0n) is 8.01. The fourth-order valence-corrected chi connectivity index (χ4v) is 2.34. The lowest BCUT2D eigenvalue weighted by Crippen LogP contribution is -2.36. The Morgan fingerprint density at radius 3 is 2.67 bits per heavy atom. The maximum absolute atomic E-state index is 4.45. The molecule has 0 bridgehead atoms. The fourth-order valence-electron chi connectivity index (χ4n) is 2.34. The van der Waals surface area contributed by atoms with Crippen molar-refractivity contribution in [3.8, 4) is 0 Å². The normalized spacial score (nSPS) is 28.0. The first-order chi connectivity index (χ1) is 5.67. The van der Waals surface area contributed by atoms with E-state index in [1.54, 1.807) is 0 Å². The van der Waals surface area contributed by atoms with Gasteiger partial charge in [0.05, 0.1) is 0 Å². The number of nitrogens with zero attached hydrogens (tertiary/aromatic N) is 1. The molecular formula is C11H17N. The summed E-state index contributed by atoms with van der Waals surface area (Å²) >= 11 is 0. The Hall–Kier alpha value is -0.590. The minimum absolute atomic E-state index is 0.592. The van der Waals surface area contributed by atoms with E-state index in [-0.39, 0.29) is 0 Å². The average Bonchev–Trinajstić information content (AvgIpc) is 2.02. The van der Waals surface area contributed by atoms with Crippen LogP contribution in [0.1, 0.15) is 39.5 Å². The largest absolute Gasteiger partial charge is 0.266 e. The molecule has 1 aliphatic heterocycles. The fraction of sp³-hybridized carbons (Fsp3) is 0.727. The van der Waals surface area contributed by atoms with Gasteiger partial charge in [-0.3, -0.25) is 4.99 Å². The molecule has 2 rings (SSSR count). The molecule has 2 aliphatic rings. The second kappa shape index (κ2) is 2.72. The van der Waals surface area contributed by atoms with E-state index in [0.29, 0.717) is 5.41 Å². The van der Waals surface area contributed by atoms with Crippen LogP contribution in [-0.2, 0) is 0 Å². The van der Waals surface area contributed by atoms with Crippen LogP contribution in [0.5, 0.6) is 0 Å². The van der Waals surface area contributed by atoms with Crippen LogP contribution in [0.15, 0.2) is 17.3 Å². The number of hydrogen-bond donors (Lipinski definition) is 0. The summed E-state index contributed by atoms with van der Waals surface area (Å²) in [6.07, 6.45) is 9.24. The summed E-state index contributed by atoms with van der Waals surface area (Å²) in [5.74, 6) is 0.810. The molecule has 66 valence electrons. The number of rotatable bonds is 1. The standard InChI is InChI=1S/C11H17N/c1-11(2)7-9(8-11)10-5-3-4-6-12-10/h4,6,9H,3,5,7-8H2,1-2H3. The predicted octanol–water partition coefficient (Wildman–Crippen LogP) is 3.17. The minimum atomic E-state index is 0.592. The van der Waals surface area contributed by atoms with Gasteiger partial charge >= 0.3 is 0 Å². The summed E-state index contributed by atoms with van der Waals surface area (Å²) in [6, 6.07) is 0. The van der Waals surface area contributed by atoms with E-state index in [0.717, 1.165) is 5.92 Å². The molecule has 0 spiro atoms. The van der Waals surface area contributed by atoms with Crippen molar-refractivity contribution in [2.45, 2.75) is 39.5 Å². The van der Waals surface area contributed by atoms with Gasteiger partial charge in [-0.25, -0.2) is 0 Å². The quantitative estimate of drug-likeness (QED) is 0.563. The lowest BCUT2D eigenvalue weighted by Gasteiger charge is -2.43. The van der Waals surface area contributed by atoms with Crippen molar-refractivity contribution in [1.29, 1.82) is 0 Å². The van der Waals surface area contributed by atoms with Gasteiger partial charge in [0, 0.05) is 11.9 Å². The second-order valence-corrected chi connectivity index (χ2v) is 4.81. The maximum Gasteiger partial charge on any atom is 0.0227 e. The Bertz CT molecular complexity index is 227. The molecule has 1 heteroatoms. The van der Waals surface area contributed by atoms with Crippen molar-refractivity contribution >= 4 is 5.71 Å². The lowest BCUT2D eigenvalue weighted by atomic mass is 9.62. The van der Waals surface area contributed by atoms with Crippen LogP contribution < -0.4 is 0 Å². The Balaban J connectivity index is 1.95. The van der Waals surface area contributed by atoms with Crippen LogP contribution >= 0.6 is 0 Å². The monoisotopic (exact) mass is 163 g/mol. The van der Waals surface area contributed by atoms with E-state index >= 15 is 0 Å². The van der Waals surface area contributed by atoms with E-state index < -0.39 is 0 Å². The highest BCUT2D eigenvalue weighted by Gasteiger charge is 2.38. The van der Waals surface area contributed by atoms with E-state index in [1.807, 2.05) is 6.20 Å². The third-order valence-corrected chi connectivity index (χ3v) is 2.98. The maximum atomic E-state index is 4.45. The Morgan fingerprint density at radius 2 is 2.17 bits per heavy atom. The highest BCUT2D eigenvalue weighted by atomic mass is 14.7. The van der Waals surface area contributed by atoms with Crippen molar-refractivity contribution in [2.75, 3.05) is 0 Å². The number of hydrogen-bond acceptors (Lipinski definition) is 1. The van der Waals surface area contributed by atoms with Crippen LogP contribution in [-0.4, -0.2) is 5.71 Å². The van der Waals surface area contributed by atoms with Gasteiger partial charge in [0.25, 0.3) is 0 Å². The lowest BCUT2D eigenvalue weighted by molar-refractivity contribution is 0.143. The molecule has 0 unspecified atom stereocenters. The van der Waals surface area contributed by atoms with Gasteiger partial charge in [-0.15, -0.1) is 0 Å². The van der Waals surface area contributed by atoms with Gasteiger partial charge in [0.15, 0.2) is 0 Å². The van der Waals surface area contributed by atoms with Crippen molar-refractivity contribution < 1.29 is 0 Å². The van der Waals surface area contributed by atoms with Crippen molar-refractivity contribution in [3.05, 3.63) is 12.3 Å². The summed E-state index contributed by atoms with van der Waals surface area (Å²) in [6.45, 7) is 4.70. The topological polar surface area (TPSA) is 12.4 Å². The van der Waals surface area contributed by atoms with Crippen LogP contribution in [0.25, 0.3) is 0 Å². The zero-order chi connectivity index (χ0) is 8.60. The SMILES string of the molecule is CC1(C)CC(C2=NC=CCC2)C1. The Labute approximate surface area is 74.6 Å². The Kier molecular flexibility index (Phi) is 1.82. The molecule has 1 aliphatic carbocycles. The van der Waals surface area contributed by atoms with Crippen molar-refractivity contribution in [3.63, 3.8) is 0 Å². The Morgan fingerprint density at radius 1 is 1.42 bits per heavy atom. The first kappa shape index (κ1) is 8.03. The van der Waals surface area contributed by atoms with Gasteiger partial charge in [0.1, 0.15) is 0 Å². The molecule has 1 saturated carbocycles. The summed E-state index contributed by atoms with van der Waals surface area (Å²) in [7, 11) is 0. The van der Waals surface area contributed by atoms with Crippen molar-refractivity contribution in [1.82, 2.24) is 0 Å². The summed E-state index contributed by atoms with van der Waals surface area (Å²) in [5.41, 5.74) is 2.05. The molecule has 0 N–H and O–H groups in total. The predicted molar refractivity (Wildman–Crippen MR) is 52.3 cm³/mol. The third kappa shape index (κ3) is 1.45. The van der Waals surface area contributed by atoms with Crippen LogP contribution in [0.4, 0.5) is 0 Å². The minimum Gasteiger partial charge on any atom is -0.266 e. The molecule has 0 aromatic rings. The van der Waals surface area contributed by atoms with E-state index in [4.69, 9.17) is 0 Å². The molecule has 1 heterocycles. The van der Waals surface area contributed by atoms with Gasteiger partial charge in [-0.2, -0.15) is 0 Å². The van der Waals surface area contributed by atoms with Crippen LogP contribution in [0, 0.1) is 11.3 Å². The molecule has 0 atom stereocenters. The summed E-state index contributed by atoms with van der Waals surface area (Å²) in [5, 5.41) is 0. The molecule has 0 amide bonds. The molecule has 1 fully saturated rings. The highest BCUT2D eigenvalue weighted by Crippen LogP contribution is 2.46. The molecule has 0 aromatic carbocycles. The molecule has 0 aromatic heterocycles. The average molecular weight is 163 g/mol. The van der Waals surface area contributed by atoms with E-state index in [9.17, 15) is 0 Å². The number of allylic oxidation sites excluding steroid dienone is 1. The van der Waals surface area contributed by atoms with Gasteiger partial charge in [-0.1, -0.05) is 19.9 Å². The van der Waals surface area contributed by atoms with Crippen molar-refractivity contribution in [2.24, 2.45) is 16.3 Å². The third-order valence-electron chi connectivity index (χ3n) is 2.98. The molecular weight excluding hydrogens is 146 g/mol. The van der Waals surface area contributed by atoms with Gasteiger partial charge < -0.3 is 0 Å². The van der Waals surface area contributed by atoms with Gasteiger partial charge in [-0.05, 0) is 37.0 Å².